The first-order valence-corrected chi connectivity index (χ1v) is 8.82. The largest absolute Gasteiger partial charge is 0.309 e. The van der Waals surface area contributed by atoms with Gasteiger partial charge in [0.1, 0.15) is 17.3 Å². The van der Waals surface area contributed by atoms with Crippen LogP contribution in [-0.2, 0) is 16.9 Å². The minimum atomic E-state index is -3.57. The van der Waals surface area contributed by atoms with Crippen molar-refractivity contribution in [2.75, 3.05) is 5.75 Å². The summed E-state index contributed by atoms with van der Waals surface area (Å²) in [7, 11) is -1.86. The van der Waals surface area contributed by atoms with E-state index in [1.807, 2.05) is 6.07 Å². The lowest BCUT2D eigenvalue weighted by Gasteiger charge is -2.08. The maximum atomic E-state index is 12.4. The molecule has 0 aliphatic rings. The summed E-state index contributed by atoms with van der Waals surface area (Å²) in [4.78, 5) is 8.63. The first-order chi connectivity index (χ1) is 11.4. The highest BCUT2D eigenvalue weighted by molar-refractivity contribution is 7.91. The molecule has 0 bridgehead atoms. The standard InChI is InChI=1S/C15H14N6O2S/c1-4-24(22,23)12-6-10(7-16)8-17-13(12)15-18-11-5-9(2)19-20-14(11)21(15)3/h5-6,8H,4H2,1-3H3. The summed E-state index contributed by atoms with van der Waals surface area (Å²) in [5.74, 6) is 0.265. The number of aromatic nitrogens is 5. The lowest BCUT2D eigenvalue weighted by Crippen LogP contribution is -2.09. The minimum absolute atomic E-state index is 0.00728. The van der Waals surface area contributed by atoms with Gasteiger partial charge in [-0.05, 0) is 19.1 Å². The predicted octanol–water partition coefficient (Wildman–Crippen LogP) is 1.40. The van der Waals surface area contributed by atoms with Crippen LogP contribution in [0.3, 0.4) is 0 Å². The van der Waals surface area contributed by atoms with E-state index in [2.05, 4.69) is 20.2 Å². The smallest absolute Gasteiger partial charge is 0.182 e. The zero-order valence-electron chi connectivity index (χ0n) is 13.3. The summed E-state index contributed by atoms with van der Waals surface area (Å²) in [6.45, 7) is 3.34. The number of rotatable bonds is 3. The molecule has 0 aliphatic carbocycles. The van der Waals surface area contributed by atoms with Crippen LogP contribution >= 0.6 is 0 Å². The van der Waals surface area contributed by atoms with E-state index in [0.717, 1.165) is 0 Å². The van der Waals surface area contributed by atoms with Crippen LogP contribution in [0, 0.1) is 18.3 Å². The fourth-order valence-electron chi connectivity index (χ4n) is 2.36. The Morgan fingerprint density at radius 3 is 2.71 bits per heavy atom. The number of aryl methyl sites for hydroxylation is 2. The van der Waals surface area contributed by atoms with E-state index in [1.165, 1.54) is 12.3 Å². The first-order valence-electron chi connectivity index (χ1n) is 7.17. The van der Waals surface area contributed by atoms with Gasteiger partial charge in [-0.15, -0.1) is 5.10 Å². The van der Waals surface area contributed by atoms with Crippen LogP contribution in [0.15, 0.2) is 23.2 Å². The monoisotopic (exact) mass is 342 g/mol. The third-order valence-corrected chi connectivity index (χ3v) is 5.39. The summed E-state index contributed by atoms with van der Waals surface area (Å²) in [5, 5.41) is 17.1. The molecule has 3 rings (SSSR count). The van der Waals surface area contributed by atoms with Gasteiger partial charge in [0.25, 0.3) is 0 Å². The summed E-state index contributed by atoms with van der Waals surface area (Å²) < 4.78 is 26.5. The average Bonchev–Trinajstić information content (AvgIpc) is 2.90. The molecule has 0 saturated carbocycles. The van der Waals surface area contributed by atoms with Crippen LogP contribution in [0.25, 0.3) is 22.7 Å². The fourth-order valence-corrected chi connectivity index (χ4v) is 3.41. The molecule has 0 aliphatic heterocycles. The second-order valence-corrected chi connectivity index (χ2v) is 7.52. The second kappa shape index (κ2) is 5.65. The van der Waals surface area contributed by atoms with E-state index in [9.17, 15) is 8.42 Å². The van der Waals surface area contributed by atoms with Crippen molar-refractivity contribution >= 4 is 21.0 Å². The maximum Gasteiger partial charge on any atom is 0.182 e. The minimum Gasteiger partial charge on any atom is -0.309 e. The highest BCUT2D eigenvalue weighted by Crippen LogP contribution is 2.28. The van der Waals surface area contributed by atoms with Crippen molar-refractivity contribution in [1.29, 1.82) is 5.26 Å². The number of sulfone groups is 1. The summed E-state index contributed by atoms with van der Waals surface area (Å²) in [6, 6.07) is 5.01. The van der Waals surface area contributed by atoms with Gasteiger partial charge < -0.3 is 4.57 Å². The molecule has 0 unspecified atom stereocenters. The molecule has 0 N–H and O–H groups in total. The summed E-state index contributed by atoms with van der Waals surface area (Å²) in [5.41, 5.74) is 2.23. The number of imidazole rings is 1. The van der Waals surface area contributed by atoms with Gasteiger partial charge in [-0.3, -0.25) is 4.98 Å². The van der Waals surface area contributed by atoms with E-state index in [-0.39, 0.29) is 21.9 Å². The molecular weight excluding hydrogens is 328 g/mol. The Labute approximate surface area is 138 Å². The zero-order chi connectivity index (χ0) is 17.5. The zero-order valence-corrected chi connectivity index (χ0v) is 14.2. The number of nitriles is 1. The molecule has 0 amide bonds. The van der Waals surface area contributed by atoms with Crippen LogP contribution < -0.4 is 0 Å². The molecule has 122 valence electrons. The third-order valence-electron chi connectivity index (χ3n) is 3.65. The molecule has 8 nitrogen and oxygen atoms in total. The lowest BCUT2D eigenvalue weighted by molar-refractivity contribution is 0.597. The molecule has 0 fully saturated rings. The van der Waals surface area contributed by atoms with Gasteiger partial charge in [0.05, 0.1) is 21.9 Å². The van der Waals surface area contributed by atoms with Gasteiger partial charge in [-0.25, -0.2) is 13.4 Å². The maximum absolute atomic E-state index is 12.4. The Morgan fingerprint density at radius 1 is 1.29 bits per heavy atom. The normalized spacial score (nSPS) is 11.6. The van der Waals surface area contributed by atoms with Crippen molar-refractivity contribution in [2.45, 2.75) is 18.7 Å². The van der Waals surface area contributed by atoms with Gasteiger partial charge in [-0.1, -0.05) is 6.92 Å². The molecule has 0 radical (unpaired) electrons. The van der Waals surface area contributed by atoms with Crippen LogP contribution in [0.5, 0.6) is 0 Å². The van der Waals surface area contributed by atoms with Gasteiger partial charge in [-0.2, -0.15) is 10.4 Å². The summed E-state index contributed by atoms with van der Waals surface area (Å²) >= 11 is 0. The summed E-state index contributed by atoms with van der Waals surface area (Å²) in [6.07, 6.45) is 1.33. The third kappa shape index (κ3) is 2.51. The number of hydrogen-bond acceptors (Lipinski definition) is 7. The molecule has 0 atom stereocenters. The van der Waals surface area contributed by atoms with E-state index >= 15 is 0 Å². The van der Waals surface area contributed by atoms with Crippen LogP contribution in [-0.4, -0.2) is 38.9 Å². The predicted molar refractivity (Wildman–Crippen MR) is 86.7 cm³/mol. The van der Waals surface area contributed by atoms with Crippen molar-refractivity contribution in [2.24, 2.45) is 7.05 Å². The Bertz CT molecular complexity index is 1100. The van der Waals surface area contributed by atoms with Gasteiger partial charge in [0.15, 0.2) is 21.3 Å². The number of hydrogen-bond donors (Lipinski definition) is 0. The quantitative estimate of drug-likeness (QED) is 0.706. The van der Waals surface area contributed by atoms with E-state index in [1.54, 1.807) is 31.5 Å². The first kappa shape index (κ1) is 16.0. The molecule has 0 spiro atoms. The second-order valence-electron chi connectivity index (χ2n) is 5.27. The van der Waals surface area contributed by atoms with E-state index in [4.69, 9.17) is 5.26 Å². The van der Waals surface area contributed by atoms with Gasteiger partial charge in [0.2, 0.25) is 0 Å². The molecular formula is C15H14N6O2S. The van der Waals surface area contributed by atoms with Crippen molar-refractivity contribution < 1.29 is 8.42 Å². The Morgan fingerprint density at radius 2 is 2.04 bits per heavy atom. The molecule has 24 heavy (non-hydrogen) atoms. The van der Waals surface area contributed by atoms with Crippen molar-refractivity contribution in [3.8, 4) is 17.6 Å². The van der Waals surface area contributed by atoms with Gasteiger partial charge >= 0.3 is 0 Å². The molecule has 9 heteroatoms. The van der Waals surface area contributed by atoms with Crippen molar-refractivity contribution in [3.63, 3.8) is 0 Å². The van der Waals surface area contributed by atoms with Crippen LogP contribution in [0.4, 0.5) is 0 Å². The average molecular weight is 342 g/mol. The number of fused-ring (bicyclic) bond motifs is 1. The topological polar surface area (TPSA) is 114 Å². The number of pyridine rings is 1. The Balaban J connectivity index is 2.35. The van der Waals surface area contributed by atoms with Gasteiger partial charge in [0, 0.05) is 13.2 Å². The highest BCUT2D eigenvalue weighted by atomic mass is 32.2. The highest BCUT2D eigenvalue weighted by Gasteiger charge is 2.24. The molecule has 3 aromatic rings. The fraction of sp³-hybridized carbons (Fsp3) is 0.267. The molecule has 3 heterocycles. The molecule has 3 aromatic heterocycles. The van der Waals surface area contributed by atoms with E-state index < -0.39 is 9.84 Å². The Hall–Kier alpha value is -2.86. The van der Waals surface area contributed by atoms with Crippen LogP contribution in [0.2, 0.25) is 0 Å². The van der Waals surface area contributed by atoms with Crippen molar-refractivity contribution in [1.82, 2.24) is 24.7 Å². The van der Waals surface area contributed by atoms with Crippen molar-refractivity contribution in [3.05, 3.63) is 29.6 Å². The number of nitrogens with zero attached hydrogens (tertiary/aromatic N) is 6. The van der Waals surface area contributed by atoms with Crippen LogP contribution in [0.1, 0.15) is 18.2 Å². The Kier molecular flexibility index (Phi) is 3.77. The SMILES string of the molecule is CCS(=O)(=O)c1cc(C#N)cnc1-c1nc2cc(C)nnc2n1C. The van der Waals surface area contributed by atoms with E-state index in [0.29, 0.717) is 22.7 Å². The lowest BCUT2D eigenvalue weighted by atomic mass is 10.2. The molecule has 0 saturated heterocycles. The molecule has 0 aromatic carbocycles.